The summed E-state index contributed by atoms with van der Waals surface area (Å²) < 4.78 is 22.0. The van der Waals surface area contributed by atoms with E-state index in [1.54, 1.807) is 6.20 Å². The molecule has 0 radical (unpaired) electrons. The molecular weight excluding hydrogens is 577 g/mol. The number of nitrogens with one attached hydrogen (secondary N) is 1. The number of morpholine rings is 1. The number of rotatable bonds is 8. The zero-order chi connectivity index (χ0) is 31.1. The third-order valence-electron chi connectivity index (χ3n) is 8.42. The lowest BCUT2D eigenvalue weighted by Gasteiger charge is -2.27. The lowest BCUT2D eigenvalue weighted by Crippen LogP contribution is -2.36. The summed E-state index contributed by atoms with van der Waals surface area (Å²) in [5.41, 5.74) is 9.34. The zero-order valence-electron chi connectivity index (χ0n) is 24.2. The summed E-state index contributed by atoms with van der Waals surface area (Å²) >= 11 is 0. The molecule has 1 aliphatic heterocycles. The Hall–Kier alpha value is -5.36. The molecule has 2 aliphatic rings. The number of carbonyl (C=O) groups excluding carboxylic acids is 2. The number of aldehydes is 1. The minimum absolute atomic E-state index is 0.0138. The van der Waals surface area contributed by atoms with Gasteiger partial charge in [0.25, 0.3) is 0 Å². The number of carbonyl (C=O) groups is 2. The van der Waals surface area contributed by atoms with E-state index in [0.717, 1.165) is 43.0 Å². The lowest BCUT2D eigenvalue weighted by atomic mass is 10.0. The first-order chi connectivity index (χ1) is 21.9. The highest BCUT2D eigenvalue weighted by atomic mass is 19.1. The number of amides is 1. The van der Waals surface area contributed by atoms with E-state index in [9.17, 15) is 19.1 Å². The highest BCUT2D eigenvalue weighted by Crippen LogP contribution is 2.46. The number of phenolic OH excluding ortho intramolecular Hbond substituents is 1. The van der Waals surface area contributed by atoms with E-state index in [2.05, 4.69) is 15.2 Å². The largest absolute Gasteiger partial charge is 0.504 e. The number of pyridine rings is 2. The Kier molecular flexibility index (Phi) is 7.13. The van der Waals surface area contributed by atoms with Gasteiger partial charge in [-0.15, -0.1) is 0 Å². The van der Waals surface area contributed by atoms with Gasteiger partial charge >= 0.3 is 0 Å². The fourth-order valence-electron chi connectivity index (χ4n) is 5.83. The number of hydrogen-bond donors (Lipinski definition) is 3. The number of halogens is 1. The van der Waals surface area contributed by atoms with Crippen molar-refractivity contribution in [2.45, 2.75) is 24.8 Å². The fraction of sp³-hybridized carbons (Fsp3) is 0.242. The molecule has 0 spiro atoms. The van der Waals surface area contributed by atoms with Crippen LogP contribution in [-0.2, 0) is 21.5 Å². The molecular formula is C33H30FN7O4. The number of nitrogens with zero attached hydrogens (tertiary/aromatic N) is 5. The number of nitrogen functional groups attached to an aromatic ring is 1. The number of hydrogen-bond acceptors (Lipinski definition) is 9. The van der Waals surface area contributed by atoms with E-state index in [1.165, 1.54) is 12.1 Å². The molecule has 2 fully saturated rings. The van der Waals surface area contributed by atoms with E-state index >= 15 is 0 Å². The summed E-state index contributed by atoms with van der Waals surface area (Å²) in [7, 11) is 0. The lowest BCUT2D eigenvalue weighted by molar-refractivity contribution is -0.121. The quantitative estimate of drug-likeness (QED) is 0.223. The van der Waals surface area contributed by atoms with Gasteiger partial charge in [-0.25, -0.2) is 19.3 Å². The first kappa shape index (κ1) is 28.4. The summed E-state index contributed by atoms with van der Waals surface area (Å²) in [6, 6.07) is 18.1. The molecule has 1 aliphatic carbocycles. The molecule has 0 unspecified atom stereocenters. The van der Waals surface area contributed by atoms with Crippen LogP contribution in [0.1, 0.15) is 34.3 Å². The minimum Gasteiger partial charge on any atom is -0.504 e. The van der Waals surface area contributed by atoms with E-state index in [0.29, 0.717) is 47.9 Å². The van der Waals surface area contributed by atoms with Gasteiger partial charge in [-0.2, -0.15) is 0 Å². The van der Waals surface area contributed by atoms with E-state index < -0.39 is 17.1 Å². The topological polar surface area (TPSA) is 148 Å². The van der Waals surface area contributed by atoms with Gasteiger partial charge < -0.3 is 25.8 Å². The molecule has 3 aromatic heterocycles. The van der Waals surface area contributed by atoms with Crippen LogP contribution in [0.4, 0.5) is 16.0 Å². The van der Waals surface area contributed by atoms with Crippen molar-refractivity contribution in [1.82, 2.24) is 24.8 Å². The predicted octanol–water partition coefficient (Wildman–Crippen LogP) is 3.91. The monoisotopic (exact) mass is 607 g/mol. The molecule has 4 heterocycles. The molecule has 12 heteroatoms. The van der Waals surface area contributed by atoms with Gasteiger partial charge in [0, 0.05) is 30.5 Å². The number of benzene rings is 2. The van der Waals surface area contributed by atoms with Crippen molar-refractivity contribution in [2.75, 3.05) is 36.9 Å². The Bertz CT molecular complexity index is 1930. The van der Waals surface area contributed by atoms with Gasteiger partial charge in [-0.1, -0.05) is 18.2 Å². The van der Waals surface area contributed by atoms with Crippen molar-refractivity contribution in [3.8, 4) is 22.8 Å². The molecule has 0 bridgehead atoms. The third kappa shape index (κ3) is 5.22. The van der Waals surface area contributed by atoms with E-state index in [-0.39, 0.29) is 23.5 Å². The summed E-state index contributed by atoms with van der Waals surface area (Å²) in [6.07, 6.45) is 3.19. The number of imidazole rings is 1. The number of aromatic hydroxyl groups is 1. The molecule has 7 rings (SSSR count). The summed E-state index contributed by atoms with van der Waals surface area (Å²) in [5.74, 6) is -0.312. The summed E-state index contributed by atoms with van der Waals surface area (Å²) in [4.78, 5) is 40.3. The van der Waals surface area contributed by atoms with E-state index in [4.69, 9.17) is 20.4 Å². The number of aromatic nitrogens is 4. The van der Waals surface area contributed by atoms with Crippen LogP contribution >= 0.6 is 0 Å². The average molecular weight is 608 g/mol. The first-order valence-corrected chi connectivity index (χ1v) is 14.7. The second-order valence-electron chi connectivity index (χ2n) is 11.3. The predicted molar refractivity (Wildman–Crippen MR) is 166 cm³/mol. The van der Waals surface area contributed by atoms with Gasteiger partial charge in [0.15, 0.2) is 29.3 Å². The van der Waals surface area contributed by atoms with Crippen molar-refractivity contribution < 1.29 is 23.8 Å². The summed E-state index contributed by atoms with van der Waals surface area (Å²) in [6.45, 7) is 2.77. The van der Waals surface area contributed by atoms with Crippen LogP contribution in [0.3, 0.4) is 0 Å². The summed E-state index contributed by atoms with van der Waals surface area (Å²) in [5, 5.41) is 13.0. The fourth-order valence-corrected chi connectivity index (χ4v) is 5.83. The number of phenols is 1. The van der Waals surface area contributed by atoms with E-state index in [1.807, 2.05) is 53.1 Å². The van der Waals surface area contributed by atoms with Gasteiger partial charge in [0.2, 0.25) is 5.91 Å². The Balaban J connectivity index is 1.20. The maximum atomic E-state index is 14.6. The highest BCUT2D eigenvalue weighted by molar-refractivity contribution is 5.85. The molecule has 11 nitrogen and oxygen atoms in total. The van der Waals surface area contributed by atoms with Crippen LogP contribution in [0.2, 0.25) is 0 Å². The molecule has 1 saturated carbocycles. The number of nitrogens with two attached hydrogens (primary N) is 1. The molecule has 2 aromatic carbocycles. The Morgan fingerprint density at radius 1 is 1.07 bits per heavy atom. The van der Waals surface area contributed by atoms with Crippen LogP contribution in [0.5, 0.6) is 5.75 Å². The SMILES string of the molecule is Nc1ncccc1-c1nc2ccc(N3CCOCC3)nc2n1-c1ccc(C2(NC(=O)Cc3ccc(C=O)c(O)c3F)CC2)cc1. The Morgan fingerprint density at radius 2 is 1.84 bits per heavy atom. The van der Waals surface area contributed by atoms with Crippen molar-refractivity contribution in [3.63, 3.8) is 0 Å². The van der Waals surface area contributed by atoms with Crippen molar-refractivity contribution in [3.05, 3.63) is 89.4 Å². The van der Waals surface area contributed by atoms with Crippen molar-refractivity contribution >= 4 is 35.0 Å². The molecule has 0 atom stereocenters. The van der Waals surface area contributed by atoms with Crippen LogP contribution < -0.4 is 16.0 Å². The van der Waals surface area contributed by atoms with Crippen molar-refractivity contribution in [2.24, 2.45) is 0 Å². The highest BCUT2D eigenvalue weighted by Gasteiger charge is 2.45. The average Bonchev–Trinajstić information content (AvgIpc) is 3.74. The minimum atomic E-state index is -0.966. The molecule has 228 valence electrons. The standard InChI is InChI=1S/C33H30FN7O4/c34-28-20(3-4-21(19-42)29(28)44)18-27(43)39-33(11-12-33)22-5-7-23(8-6-22)41-31(24-2-1-13-36-30(24)35)37-25-9-10-26(38-32(25)41)40-14-16-45-17-15-40/h1-10,13,19,44H,11-12,14-18H2,(H2,35,36)(H,39,43). The molecule has 5 aromatic rings. The van der Waals surface area contributed by atoms with Gasteiger partial charge in [-0.05, 0) is 60.9 Å². The number of fused-ring (bicyclic) bond motifs is 1. The second-order valence-corrected chi connectivity index (χ2v) is 11.3. The molecule has 1 saturated heterocycles. The maximum Gasteiger partial charge on any atom is 0.225 e. The molecule has 4 N–H and O–H groups in total. The van der Waals surface area contributed by atoms with Crippen LogP contribution in [0.25, 0.3) is 28.2 Å². The number of ether oxygens (including phenoxy) is 1. The van der Waals surface area contributed by atoms with Gasteiger partial charge in [-0.3, -0.25) is 14.2 Å². The maximum absolute atomic E-state index is 14.6. The third-order valence-corrected chi connectivity index (χ3v) is 8.42. The van der Waals surface area contributed by atoms with Crippen molar-refractivity contribution in [1.29, 1.82) is 0 Å². The van der Waals surface area contributed by atoms with Crippen LogP contribution in [-0.4, -0.2) is 63.1 Å². The Labute approximate surface area is 257 Å². The Morgan fingerprint density at radius 3 is 2.56 bits per heavy atom. The number of anilines is 2. The normalized spacial score (nSPS) is 15.6. The van der Waals surface area contributed by atoms with Gasteiger partial charge in [0.05, 0.1) is 36.3 Å². The molecule has 1 amide bonds. The zero-order valence-corrected chi connectivity index (χ0v) is 24.2. The van der Waals surface area contributed by atoms with Gasteiger partial charge in [0.1, 0.15) is 17.2 Å². The smallest absolute Gasteiger partial charge is 0.225 e. The van der Waals surface area contributed by atoms with Crippen LogP contribution in [0, 0.1) is 5.82 Å². The molecule has 45 heavy (non-hydrogen) atoms. The second kappa shape index (κ2) is 11.3. The van der Waals surface area contributed by atoms with Crippen LogP contribution in [0.15, 0.2) is 66.9 Å². The first-order valence-electron chi connectivity index (χ1n) is 14.7.